The van der Waals surface area contributed by atoms with E-state index in [0.717, 1.165) is 64.0 Å². The fourth-order valence-corrected chi connectivity index (χ4v) is 5.37. The molecule has 1 aromatic rings. The summed E-state index contributed by atoms with van der Waals surface area (Å²) in [5.41, 5.74) is 5.00. The van der Waals surface area contributed by atoms with Crippen LogP contribution in [0.5, 0.6) is 0 Å². The van der Waals surface area contributed by atoms with E-state index in [1.165, 1.54) is 16.7 Å². The molecule has 160 valence electrons. The highest BCUT2D eigenvalue weighted by Crippen LogP contribution is 2.42. The Bertz CT molecular complexity index is 732. The van der Waals surface area contributed by atoms with Crippen molar-refractivity contribution >= 4 is 0 Å². The predicted molar refractivity (Wildman–Crippen MR) is 119 cm³/mol. The highest BCUT2D eigenvalue weighted by molar-refractivity contribution is 5.37. The van der Waals surface area contributed by atoms with Crippen molar-refractivity contribution in [2.75, 3.05) is 26.2 Å². The molecule has 0 radical (unpaired) electrons. The smallest absolute Gasteiger partial charge is 0.0965 e. The van der Waals surface area contributed by atoms with E-state index in [4.69, 9.17) is 4.74 Å². The standard InChI is InChI=1S/C23H32N2O2.C2H6/c1-3-6-19-16-27-23(20(19)4-2)8-11-25(12-9-23)15-17-13-18-7-5-10-24-22(18)21(26)14-17;1-2/h3,5-7,10,17,21,26H,4,8-9,11-16H2,1-2H3;1-2H3/b6-3-;/t17-,21?;/m1./s1. The lowest BCUT2D eigenvalue weighted by atomic mass is 9.80. The van der Waals surface area contributed by atoms with E-state index in [1.54, 1.807) is 6.20 Å². The Labute approximate surface area is 176 Å². The maximum atomic E-state index is 10.5. The van der Waals surface area contributed by atoms with Crippen molar-refractivity contribution in [1.29, 1.82) is 0 Å². The molecule has 1 spiro atoms. The molecule has 4 heteroatoms. The van der Waals surface area contributed by atoms with Gasteiger partial charge in [-0.25, -0.2) is 0 Å². The van der Waals surface area contributed by atoms with Crippen molar-refractivity contribution in [3.8, 4) is 0 Å². The average molecular weight is 399 g/mol. The second-order valence-corrected chi connectivity index (χ2v) is 8.31. The van der Waals surface area contributed by atoms with E-state index in [1.807, 2.05) is 19.9 Å². The SMILES string of the molecule is C/C=C\C1=C(CC)C2(CCN(C[C@@H]3Cc4cccnc4C(O)C3)CC2)OC1.CC. The number of aromatic nitrogens is 1. The third-order valence-electron chi connectivity index (χ3n) is 6.65. The van der Waals surface area contributed by atoms with Crippen molar-refractivity contribution in [2.24, 2.45) is 5.92 Å². The molecule has 1 aliphatic carbocycles. The number of nitrogens with zero attached hydrogens (tertiary/aromatic N) is 2. The number of aliphatic hydroxyl groups is 1. The van der Waals surface area contributed by atoms with E-state index in [9.17, 15) is 5.11 Å². The average Bonchev–Trinajstić information content (AvgIpc) is 3.08. The van der Waals surface area contributed by atoms with Gasteiger partial charge in [-0.15, -0.1) is 0 Å². The van der Waals surface area contributed by atoms with Crippen LogP contribution in [0.15, 0.2) is 41.6 Å². The van der Waals surface area contributed by atoms with Crippen LogP contribution in [0.2, 0.25) is 0 Å². The van der Waals surface area contributed by atoms with E-state index in [0.29, 0.717) is 5.92 Å². The van der Waals surface area contributed by atoms with Gasteiger partial charge in [0.1, 0.15) is 0 Å². The zero-order valence-corrected chi connectivity index (χ0v) is 18.7. The van der Waals surface area contributed by atoms with Crippen molar-refractivity contribution in [2.45, 2.75) is 71.5 Å². The summed E-state index contributed by atoms with van der Waals surface area (Å²) < 4.78 is 6.35. The van der Waals surface area contributed by atoms with E-state index in [2.05, 4.69) is 41.9 Å². The number of aliphatic hydroxyl groups excluding tert-OH is 1. The van der Waals surface area contributed by atoms with Gasteiger partial charge in [0.05, 0.1) is 24.0 Å². The topological polar surface area (TPSA) is 45.6 Å². The number of likely N-dealkylation sites (tertiary alicyclic amines) is 1. The molecule has 2 atom stereocenters. The molecular formula is C25H38N2O2. The van der Waals surface area contributed by atoms with Crippen molar-refractivity contribution in [3.63, 3.8) is 0 Å². The number of pyridine rings is 1. The summed E-state index contributed by atoms with van der Waals surface area (Å²) in [5.74, 6) is 0.509. The van der Waals surface area contributed by atoms with Gasteiger partial charge in [-0.1, -0.05) is 39.0 Å². The highest BCUT2D eigenvalue weighted by Gasteiger charge is 2.43. The molecule has 4 rings (SSSR count). The first kappa shape index (κ1) is 22.2. The van der Waals surface area contributed by atoms with Crippen molar-refractivity contribution in [1.82, 2.24) is 9.88 Å². The summed E-state index contributed by atoms with van der Waals surface area (Å²) in [4.78, 5) is 6.96. The van der Waals surface area contributed by atoms with Gasteiger partial charge in [0, 0.05) is 25.8 Å². The summed E-state index contributed by atoms with van der Waals surface area (Å²) in [6.45, 7) is 12.3. The maximum absolute atomic E-state index is 10.5. The molecule has 1 aromatic heterocycles. The van der Waals surface area contributed by atoms with Gasteiger partial charge in [-0.2, -0.15) is 0 Å². The fraction of sp³-hybridized carbons (Fsp3) is 0.640. The summed E-state index contributed by atoms with van der Waals surface area (Å²) in [6, 6.07) is 4.10. The van der Waals surface area contributed by atoms with Gasteiger partial charge in [-0.3, -0.25) is 4.98 Å². The Morgan fingerprint density at radius 2 is 2.07 bits per heavy atom. The van der Waals surface area contributed by atoms with Gasteiger partial charge >= 0.3 is 0 Å². The highest BCUT2D eigenvalue weighted by atomic mass is 16.5. The van der Waals surface area contributed by atoms with Crippen LogP contribution in [-0.4, -0.2) is 46.8 Å². The van der Waals surface area contributed by atoms with Crippen LogP contribution in [0.3, 0.4) is 0 Å². The molecule has 1 fully saturated rings. The minimum atomic E-state index is -0.410. The Morgan fingerprint density at radius 1 is 1.31 bits per heavy atom. The number of hydrogen-bond donors (Lipinski definition) is 1. The molecule has 0 bridgehead atoms. The molecule has 0 aromatic carbocycles. The van der Waals surface area contributed by atoms with Crippen LogP contribution in [0, 0.1) is 5.92 Å². The van der Waals surface area contributed by atoms with Crippen LogP contribution in [0.25, 0.3) is 0 Å². The number of rotatable bonds is 4. The summed E-state index contributed by atoms with van der Waals surface area (Å²) in [7, 11) is 0. The Balaban J connectivity index is 0.00000117. The lowest BCUT2D eigenvalue weighted by Crippen LogP contribution is -2.47. The van der Waals surface area contributed by atoms with Crippen LogP contribution in [-0.2, 0) is 11.2 Å². The lowest BCUT2D eigenvalue weighted by molar-refractivity contribution is -0.0357. The van der Waals surface area contributed by atoms with Gasteiger partial charge in [-0.05, 0) is 67.7 Å². The van der Waals surface area contributed by atoms with Crippen molar-refractivity contribution < 1.29 is 9.84 Å². The van der Waals surface area contributed by atoms with Gasteiger partial charge in [0.25, 0.3) is 0 Å². The van der Waals surface area contributed by atoms with Crippen LogP contribution >= 0.6 is 0 Å². The van der Waals surface area contributed by atoms with Crippen molar-refractivity contribution in [3.05, 3.63) is 52.9 Å². The predicted octanol–water partition coefficient (Wildman–Crippen LogP) is 4.85. The first-order valence-electron chi connectivity index (χ1n) is 11.5. The Hall–Kier alpha value is -1.49. The molecule has 4 nitrogen and oxygen atoms in total. The molecule has 0 saturated carbocycles. The maximum Gasteiger partial charge on any atom is 0.0965 e. The first-order chi connectivity index (χ1) is 14.1. The lowest BCUT2D eigenvalue weighted by Gasteiger charge is -2.42. The largest absolute Gasteiger partial charge is 0.387 e. The normalized spacial score (nSPS) is 26.5. The zero-order valence-electron chi connectivity index (χ0n) is 18.7. The molecule has 1 unspecified atom stereocenters. The molecule has 29 heavy (non-hydrogen) atoms. The van der Waals surface area contributed by atoms with E-state index < -0.39 is 6.10 Å². The molecule has 1 saturated heterocycles. The summed E-state index contributed by atoms with van der Waals surface area (Å²) in [6.07, 6.45) is 10.9. The van der Waals surface area contributed by atoms with Gasteiger partial charge in [0.15, 0.2) is 0 Å². The molecular weight excluding hydrogens is 360 g/mol. The second kappa shape index (κ2) is 10.0. The Kier molecular flexibility index (Phi) is 7.66. The second-order valence-electron chi connectivity index (χ2n) is 8.31. The molecule has 1 N–H and O–H groups in total. The third-order valence-corrected chi connectivity index (χ3v) is 6.65. The number of fused-ring (bicyclic) bond motifs is 1. The third kappa shape index (κ3) is 4.65. The summed E-state index contributed by atoms with van der Waals surface area (Å²) in [5, 5.41) is 10.5. The number of ether oxygens (including phenoxy) is 1. The quantitative estimate of drug-likeness (QED) is 0.787. The Morgan fingerprint density at radius 3 is 2.76 bits per heavy atom. The van der Waals surface area contributed by atoms with Crippen LogP contribution in [0.1, 0.15) is 70.7 Å². The molecule has 3 heterocycles. The van der Waals surface area contributed by atoms with Crippen LogP contribution < -0.4 is 0 Å². The van der Waals surface area contributed by atoms with E-state index >= 15 is 0 Å². The van der Waals surface area contributed by atoms with E-state index in [-0.39, 0.29) is 5.60 Å². The zero-order chi connectivity index (χ0) is 20.9. The summed E-state index contributed by atoms with van der Waals surface area (Å²) >= 11 is 0. The number of piperidine rings is 1. The monoisotopic (exact) mass is 398 g/mol. The first-order valence-corrected chi connectivity index (χ1v) is 11.5. The molecule has 2 aliphatic heterocycles. The minimum absolute atomic E-state index is 0.0251. The fourth-order valence-electron chi connectivity index (χ4n) is 5.37. The molecule has 3 aliphatic rings. The van der Waals surface area contributed by atoms with Gasteiger partial charge in [0.2, 0.25) is 0 Å². The number of allylic oxidation sites excluding steroid dienone is 1. The number of hydrogen-bond acceptors (Lipinski definition) is 4. The van der Waals surface area contributed by atoms with Crippen LogP contribution in [0.4, 0.5) is 0 Å². The minimum Gasteiger partial charge on any atom is -0.387 e. The molecule has 0 amide bonds. The van der Waals surface area contributed by atoms with Gasteiger partial charge < -0.3 is 14.7 Å².